The van der Waals surface area contributed by atoms with Crippen molar-refractivity contribution in [1.82, 2.24) is 10.2 Å². The maximum atomic E-state index is 13.5. The van der Waals surface area contributed by atoms with Gasteiger partial charge in [-0.2, -0.15) is 13.2 Å². The van der Waals surface area contributed by atoms with E-state index in [1.54, 1.807) is 35.2 Å². The fourth-order valence-corrected chi connectivity index (χ4v) is 5.34. The highest BCUT2D eigenvalue weighted by Gasteiger charge is 2.38. The summed E-state index contributed by atoms with van der Waals surface area (Å²) in [5, 5.41) is 5.28. The van der Waals surface area contributed by atoms with Crippen LogP contribution in [-0.4, -0.2) is 74.2 Å². The van der Waals surface area contributed by atoms with Gasteiger partial charge in [-0.15, -0.1) is 11.3 Å². The van der Waals surface area contributed by atoms with Gasteiger partial charge in [-0.1, -0.05) is 18.0 Å². The van der Waals surface area contributed by atoms with Gasteiger partial charge in [-0.3, -0.25) is 19.3 Å². The van der Waals surface area contributed by atoms with E-state index >= 15 is 0 Å². The molecular weight excluding hydrogens is 545 g/mol. The van der Waals surface area contributed by atoms with E-state index in [9.17, 15) is 27.6 Å². The lowest BCUT2D eigenvalue weighted by molar-refractivity contribution is -0.155. The van der Waals surface area contributed by atoms with Crippen LogP contribution in [0.3, 0.4) is 0 Å². The van der Waals surface area contributed by atoms with Gasteiger partial charge in [-0.05, 0) is 55.2 Å². The van der Waals surface area contributed by atoms with Crippen LogP contribution in [0.25, 0.3) is 0 Å². The summed E-state index contributed by atoms with van der Waals surface area (Å²) in [6.45, 7) is -0.708. The number of hydrogen-bond acceptors (Lipinski definition) is 6. The number of carbonyl (C=O) groups excluding carboxylic acids is 3. The standard InChI is InChI=1S/C25H28ClF3N4O4S/c26-21-9-8-20(38-21)24(36)30-12-19(32(15-25(27,28)29)13-16-2-1-3-16)23(35)31-17-4-6-18(7-5-17)33-10-11-37-14-22(33)34/h4-9,16,19H,1-3,10-15H2,(H,30,36)(H,31,35)/t19-/m0/s1. The molecule has 8 nitrogen and oxygen atoms in total. The molecule has 0 radical (unpaired) electrons. The molecule has 1 saturated heterocycles. The van der Waals surface area contributed by atoms with Gasteiger partial charge < -0.3 is 20.3 Å². The molecule has 0 spiro atoms. The zero-order valence-corrected chi connectivity index (χ0v) is 22.0. The first-order chi connectivity index (χ1) is 18.1. The summed E-state index contributed by atoms with van der Waals surface area (Å²) in [6, 6.07) is 8.26. The summed E-state index contributed by atoms with van der Waals surface area (Å²) >= 11 is 6.93. The van der Waals surface area contributed by atoms with Gasteiger partial charge in [0.15, 0.2) is 0 Å². The molecule has 1 aromatic carbocycles. The molecule has 2 N–H and O–H groups in total. The Hall–Kier alpha value is -2.67. The normalized spacial score (nSPS) is 17.3. The second-order valence-electron chi connectivity index (χ2n) is 9.31. The summed E-state index contributed by atoms with van der Waals surface area (Å²) in [6.07, 6.45) is -2.00. The molecule has 4 rings (SSSR count). The average Bonchev–Trinajstić information content (AvgIpc) is 3.27. The molecule has 3 amide bonds. The number of alkyl halides is 3. The third-order valence-electron chi connectivity index (χ3n) is 6.53. The topological polar surface area (TPSA) is 91.0 Å². The predicted molar refractivity (Wildman–Crippen MR) is 139 cm³/mol. The van der Waals surface area contributed by atoms with E-state index in [2.05, 4.69) is 10.6 Å². The number of halogens is 4. The van der Waals surface area contributed by atoms with Crippen molar-refractivity contribution in [3.63, 3.8) is 0 Å². The third kappa shape index (κ3) is 7.68. The molecule has 13 heteroatoms. The fourth-order valence-electron chi connectivity index (χ4n) is 4.38. The number of morpholine rings is 1. The zero-order valence-electron chi connectivity index (χ0n) is 20.4. The van der Waals surface area contributed by atoms with Gasteiger partial charge in [0.2, 0.25) is 5.91 Å². The summed E-state index contributed by atoms with van der Waals surface area (Å²) in [5.74, 6) is -1.32. The van der Waals surface area contributed by atoms with Gasteiger partial charge in [0, 0.05) is 31.0 Å². The Morgan fingerprint density at radius 3 is 2.50 bits per heavy atom. The third-order valence-corrected chi connectivity index (χ3v) is 7.76. The number of carbonyl (C=O) groups is 3. The summed E-state index contributed by atoms with van der Waals surface area (Å²) in [5.41, 5.74) is 0.981. The van der Waals surface area contributed by atoms with E-state index in [1.165, 1.54) is 6.07 Å². The number of nitrogens with one attached hydrogen (secondary N) is 2. The maximum absolute atomic E-state index is 13.5. The highest BCUT2D eigenvalue weighted by Crippen LogP contribution is 2.30. The van der Waals surface area contributed by atoms with Crippen LogP contribution in [0.5, 0.6) is 0 Å². The fraction of sp³-hybridized carbons (Fsp3) is 0.480. The van der Waals surface area contributed by atoms with Gasteiger partial charge in [0.05, 0.1) is 22.4 Å². The summed E-state index contributed by atoms with van der Waals surface area (Å²) < 4.78 is 46.1. The lowest BCUT2D eigenvalue weighted by Gasteiger charge is -2.37. The van der Waals surface area contributed by atoms with Crippen molar-refractivity contribution in [2.24, 2.45) is 5.92 Å². The van der Waals surface area contributed by atoms with Crippen LogP contribution in [0.4, 0.5) is 24.5 Å². The van der Waals surface area contributed by atoms with Gasteiger partial charge in [0.25, 0.3) is 11.8 Å². The summed E-state index contributed by atoms with van der Waals surface area (Å²) in [7, 11) is 0. The predicted octanol–water partition coefficient (Wildman–Crippen LogP) is 4.17. The van der Waals surface area contributed by atoms with Crippen molar-refractivity contribution in [3.05, 3.63) is 45.6 Å². The minimum atomic E-state index is -4.53. The highest BCUT2D eigenvalue weighted by molar-refractivity contribution is 7.18. The van der Waals surface area contributed by atoms with Crippen LogP contribution in [0.2, 0.25) is 4.34 Å². The number of hydrogen-bond donors (Lipinski definition) is 2. The van der Waals surface area contributed by atoms with Crippen LogP contribution < -0.4 is 15.5 Å². The molecule has 2 aromatic rings. The number of benzene rings is 1. The second kappa shape index (κ2) is 12.5. The average molecular weight is 573 g/mol. The van der Waals surface area contributed by atoms with Crippen molar-refractivity contribution < 1.29 is 32.3 Å². The lowest BCUT2D eigenvalue weighted by atomic mass is 9.84. The summed E-state index contributed by atoms with van der Waals surface area (Å²) in [4.78, 5) is 41.0. The number of rotatable bonds is 10. The van der Waals surface area contributed by atoms with Gasteiger partial charge in [-0.25, -0.2) is 0 Å². The largest absolute Gasteiger partial charge is 0.401 e. The van der Waals surface area contributed by atoms with Crippen molar-refractivity contribution in [2.45, 2.75) is 31.5 Å². The van der Waals surface area contributed by atoms with Crippen molar-refractivity contribution in [3.8, 4) is 0 Å². The monoisotopic (exact) mass is 572 g/mol. The molecule has 2 fully saturated rings. The van der Waals surface area contributed by atoms with E-state index < -0.39 is 30.6 Å². The SMILES string of the molecule is O=C(NC[C@@H](C(=O)Nc1ccc(N2CCOCC2=O)cc1)N(CC1CCC1)CC(F)(F)F)c1ccc(Cl)s1. The molecule has 1 aliphatic heterocycles. The Balaban J connectivity index is 1.50. The van der Waals surface area contributed by atoms with Crippen LogP contribution in [-0.2, 0) is 14.3 Å². The molecule has 2 heterocycles. The van der Waals surface area contributed by atoms with Crippen molar-refractivity contribution in [2.75, 3.05) is 49.6 Å². The van der Waals surface area contributed by atoms with Crippen LogP contribution in [0.1, 0.15) is 28.9 Å². The van der Waals surface area contributed by atoms with E-state index in [1.807, 2.05) is 0 Å². The van der Waals surface area contributed by atoms with E-state index in [4.69, 9.17) is 16.3 Å². The van der Waals surface area contributed by atoms with Crippen LogP contribution >= 0.6 is 22.9 Å². The Morgan fingerprint density at radius 2 is 1.92 bits per heavy atom. The van der Waals surface area contributed by atoms with Gasteiger partial charge >= 0.3 is 6.18 Å². The molecule has 1 saturated carbocycles. The number of nitrogens with zero attached hydrogens (tertiary/aromatic N) is 2. The Bertz CT molecular complexity index is 1140. The maximum Gasteiger partial charge on any atom is 0.401 e. The molecule has 1 aromatic heterocycles. The number of amides is 3. The second-order valence-corrected chi connectivity index (χ2v) is 11.0. The molecule has 206 valence electrons. The van der Waals surface area contributed by atoms with Crippen LogP contribution in [0.15, 0.2) is 36.4 Å². The van der Waals surface area contributed by atoms with Crippen molar-refractivity contribution >= 4 is 52.0 Å². The first-order valence-electron chi connectivity index (χ1n) is 12.2. The minimum Gasteiger partial charge on any atom is -0.370 e. The van der Waals surface area contributed by atoms with Crippen molar-refractivity contribution in [1.29, 1.82) is 0 Å². The quantitative estimate of drug-likeness (QED) is 0.446. The first kappa shape index (κ1) is 28.3. The number of anilines is 2. The molecule has 0 unspecified atom stereocenters. The smallest absolute Gasteiger partial charge is 0.370 e. The highest BCUT2D eigenvalue weighted by atomic mass is 35.5. The Labute approximate surface area is 227 Å². The molecule has 38 heavy (non-hydrogen) atoms. The molecule has 2 aliphatic rings. The minimum absolute atomic E-state index is 0.0143. The lowest BCUT2D eigenvalue weighted by Crippen LogP contribution is -2.55. The Kier molecular flexibility index (Phi) is 9.29. The Morgan fingerprint density at radius 1 is 1.18 bits per heavy atom. The van der Waals surface area contributed by atoms with E-state index in [-0.39, 0.29) is 31.5 Å². The van der Waals surface area contributed by atoms with E-state index in [0.29, 0.717) is 33.7 Å². The number of thiophene rings is 1. The molecular formula is C25H28ClF3N4O4S. The van der Waals surface area contributed by atoms with E-state index in [0.717, 1.165) is 35.5 Å². The first-order valence-corrected chi connectivity index (χ1v) is 13.4. The van der Waals surface area contributed by atoms with Gasteiger partial charge in [0.1, 0.15) is 12.6 Å². The molecule has 1 aliphatic carbocycles. The zero-order chi connectivity index (χ0) is 27.3. The molecule has 1 atom stereocenters. The number of ether oxygens (including phenoxy) is 1. The van der Waals surface area contributed by atoms with Crippen LogP contribution in [0, 0.1) is 5.92 Å². The molecule has 0 bridgehead atoms.